The zero-order valence-corrected chi connectivity index (χ0v) is 11.8. The minimum absolute atomic E-state index is 0.0334. The van der Waals surface area contributed by atoms with Crippen LogP contribution in [0.1, 0.15) is 10.4 Å². The fourth-order valence-corrected chi connectivity index (χ4v) is 3.37. The summed E-state index contributed by atoms with van der Waals surface area (Å²) in [7, 11) is 0. The van der Waals surface area contributed by atoms with Gasteiger partial charge in [-0.3, -0.25) is 9.00 Å². The van der Waals surface area contributed by atoms with Crippen LogP contribution in [0.25, 0.3) is 0 Å². The van der Waals surface area contributed by atoms with Gasteiger partial charge in [0.1, 0.15) is 0 Å². The van der Waals surface area contributed by atoms with Crippen LogP contribution in [0, 0.1) is 0 Å². The molecule has 1 amide bonds. The number of halogens is 1. The van der Waals surface area contributed by atoms with Gasteiger partial charge in [0.25, 0.3) is 5.91 Å². The average molecular weight is 305 g/mol. The van der Waals surface area contributed by atoms with E-state index in [0.29, 0.717) is 18.7 Å². The number of thioether (sulfide) groups is 1. The molecule has 0 aromatic heterocycles. The lowest BCUT2D eigenvalue weighted by molar-refractivity contribution is 0.0772. The largest absolute Gasteiger partial charge is 0.768 e. The van der Waals surface area contributed by atoms with E-state index in [2.05, 4.69) is 0 Å². The molecule has 0 aliphatic carbocycles. The van der Waals surface area contributed by atoms with Crippen LogP contribution in [0.2, 0.25) is 5.02 Å². The van der Waals surface area contributed by atoms with Crippen LogP contribution in [0.4, 0.5) is 0 Å². The summed E-state index contributed by atoms with van der Waals surface area (Å²) in [6.07, 6.45) is 0. The van der Waals surface area contributed by atoms with Crippen molar-refractivity contribution in [3.8, 4) is 0 Å². The molecule has 1 aliphatic heterocycles. The summed E-state index contributed by atoms with van der Waals surface area (Å²) in [4.78, 5) is 13.9. The lowest BCUT2D eigenvalue weighted by Gasteiger charge is -2.26. The second kappa shape index (κ2) is 6.06. The molecule has 1 saturated heterocycles. The first-order valence-corrected chi connectivity index (χ1v) is 7.96. The van der Waals surface area contributed by atoms with Crippen molar-refractivity contribution in [2.24, 2.45) is 0 Å². The van der Waals surface area contributed by atoms with Gasteiger partial charge in [0.15, 0.2) is 0 Å². The van der Waals surface area contributed by atoms with E-state index in [9.17, 15) is 13.6 Å². The summed E-state index contributed by atoms with van der Waals surface area (Å²) in [5, 5.41) is 0.133. The summed E-state index contributed by atoms with van der Waals surface area (Å²) in [5.41, 5.74) is 0.366. The molecule has 1 aromatic rings. The van der Waals surface area contributed by atoms with Crippen molar-refractivity contribution in [3.05, 3.63) is 28.8 Å². The second-order valence-electron chi connectivity index (χ2n) is 3.78. The molecule has 0 N–H and O–H groups in total. The molecule has 1 aliphatic rings. The molecule has 2 rings (SSSR count). The number of benzene rings is 1. The van der Waals surface area contributed by atoms with Crippen LogP contribution in [-0.4, -0.2) is 44.2 Å². The van der Waals surface area contributed by atoms with Crippen LogP contribution in [-0.2, 0) is 11.1 Å². The lowest BCUT2D eigenvalue weighted by Crippen LogP contribution is -2.37. The highest BCUT2D eigenvalue weighted by molar-refractivity contribution is 7.99. The van der Waals surface area contributed by atoms with E-state index in [1.165, 1.54) is 12.1 Å². The van der Waals surface area contributed by atoms with Crippen LogP contribution >= 0.6 is 23.4 Å². The van der Waals surface area contributed by atoms with Gasteiger partial charge in [0.05, 0.1) is 5.02 Å². The van der Waals surface area contributed by atoms with Crippen molar-refractivity contribution >= 4 is 40.4 Å². The highest BCUT2D eigenvalue weighted by Gasteiger charge is 2.19. The van der Waals surface area contributed by atoms with Gasteiger partial charge in [-0.1, -0.05) is 11.6 Å². The van der Waals surface area contributed by atoms with Gasteiger partial charge in [-0.15, -0.1) is 0 Å². The van der Waals surface area contributed by atoms with Crippen molar-refractivity contribution in [1.29, 1.82) is 0 Å². The van der Waals surface area contributed by atoms with Gasteiger partial charge < -0.3 is 9.45 Å². The number of hydrogen-bond donors (Lipinski definition) is 0. The zero-order valence-electron chi connectivity index (χ0n) is 9.43. The number of rotatable bonds is 2. The second-order valence-corrected chi connectivity index (χ2v) is 6.33. The summed E-state index contributed by atoms with van der Waals surface area (Å²) >= 11 is 5.14. The van der Waals surface area contributed by atoms with E-state index in [0.717, 1.165) is 11.5 Å². The molecule has 1 unspecified atom stereocenters. The molecule has 0 saturated carbocycles. The van der Waals surface area contributed by atoms with E-state index in [-0.39, 0.29) is 15.8 Å². The Bertz CT molecular complexity index is 489. The standard InChI is InChI=1S/C11H12ClNO3S2/c12-9-2-1-8(7-10(9)18(15)16)11(14)13-3-5-17-6-4-13/h1-2,7H,3-6H2,(H,15,16)/p-1. The van der Waals surface area contributed by atoms with Crippen LogP contribution in [0.3, 0.4) is 0 Å². The van der Waals surface area contributed by atoms with Gasteiger partial charge in [0, 0.05) is 35.1 Å². The van der Waals surface area contributed by atoms with Crippen molar-refractivity contribution < 1.29 is 13.6 Å². The first kappa shape index (κ1) is 13.9. The Labute approximate surface area is 117 Å². The van der Waals surface area contributed by atoms with Crippen molar-refractivity contribution in [3.63, 3.8) is 0 Å². The number of carbonyl (C=O) groups excluding carboxylic acids is 1. The molecule has 0 bridgehead atoms. The van der Waals surface area contributed by atoms with Gasteiger partial charge >= 0.3 is 0 Å². The molecule has 18 heavy (non-hydrogen) atoms. The van der Waals surface area contributed by atoms with Crippen LogP contribution in [0.5, 0.6) is 0 Å². The van der Waals surface area contributed by atoms with Crippen LogP contribution in [0.15, 0.2) is 23.1 Å². The number of nitrogens with zero attached hydrogens (tertiary/aromatic N) is 1. The molecule has 1 atom stereocenters. The van der Waals surface area contributed by atoms with Gasteiger partial charge in [-0.05, 0) is 29.3 Å². The Morgan fingerprint density at radius 3 is 2.67 bits per heavy atom. The molecule has 98 valence electrons. The first-order chi connectivity index (χ1) is 8.59. The zero-order chi connectivity index (χ0) is 13.1. The fourth-order valence-electron chi connectivity index (χ4n) is 1.71. The normalized spacial score (nSPS) is 17.6. The molecule has 0 radical (unpaired) electrons. The maximum absolute atomic E-state index is 12.2. The van der Waals surface area contributed by atoms with Crippen molar-refractivity contribution in [1.82, 2.24) is 4.90 Å². The SMILES string of the molecule is O=C(c1ccc(Cl)c(S(=O)[O-])c1)N1CCSCC1. The molecular weight excluding hydrogens is 294 g/mol. The Hall–Kier alpha value is -0.560. The lowest BCUT2D eigenvalue weighted by atomic mass is 10.2. The minimum Gasteiger partial charge on any atom is -0.768 e. The fraction of sp³-hybridized carbons (Fsp3) is 0.364. The summed E-state index contributed by atoms with van der Waals surface area (Å²) in [5.74, 6) is 1.69. The average Bonchev–Trinajstić information content (AvgIpc) is 2.39. The molecule has 7 heteroatoms. The van der Waals surface area contributed by atoms with E-state index in [1.54, 1.807) is 11.0 Å². The Morgan fingerprint density at radius 2 is 2.06 bits per heavy atom. The van der Waals surface area contributed by atoms with E-state index in [4.69, 9.17) is 11.6 Å². The monoisotopic (exact) mass is 304 g/mol. The highest BCUT2D eigenvalue weighted by Crippen LogP contribution is 2.22. The number of amides is 1. The highest BCUT2D eigenvalue weighted by atomic mass is 35.5. The summed E-state index contributed by atoms with van der Waals surface area (Å²) < 4.78 is 21.9. The smallest absolute Gasteiger partial charge is 0.253 e. The quantitative estimate of drug-likeness (QED) is 0.781. The summed E-state index contributed by atoms with van der Waals surface area (Å²) in [6.45, 7) is 1.39. The predicted octanol–water partition coefficient (Wildman–Crippen LogP) is 1.77. The maximum atomic E-state index is 12.2. The predicted molar refractivity (Wildman–Crippen MR) is 71.9 cm³/mol. The van der Waals surface area contributed by atoms with Gasteiger partial charge in [-0.2, -0.15) is 11.8 Å². The third-order valence-corrected chi connectivity index (χ3v) is 4.74. The Kier molecular flexibility index (Phi) is 4.66. The van der Waals surface area contributed by atoms with Crippen molar-refractivity contribution in [2.45, 2.75) is 4.90 Å². The van der Waals surface area contributed by atoms with Gasteiger partial charge in [-0.25, -0.2) is 0 Å². The molecule has 1 heterocycles. The molecule has 1 fully saturated rings. The van der Waals surface area contributed by atoms with Crippen molar-refractivity contribution in [2.75, 3.05) is 24.6 Å². The third kappa shape index (κ3) is 3.06. The molecule has 4 nitrogen and oxygen atoms in total. The molecular formula is C11H11ClNO3S2-. The van der Waals surface area contributed by atoms with Crippen LogP contribution < -0.4 is 0 Å². The first-order valence-electron chi connectivity index (χ1n) is 5.35. The topological polar surface area (TPSA) is 60.4 Å². The summed E-state index contributed by atoms with van der Waals surface area (Å²) in [6, 6.07) is 4.33. The van der Waals surface area contributed by atoms with Gasteiger partial charge in [0.2, 0.25) is 0 Å². The molecule has 0 spiro atoms. The van der Waals surface area contributed by atoms with E-state index >= 15 is 0 Å². The maximum Gasteiger partial charge on any atom is 0.253 e. The Morgan fingerprint density at radius 1 is 1.39 bits per heavy atom. The third-order valence-electron chi connectivity index (χ3n) is 2.66. The minimum atomic E-state index is -2.43. The number of carbonyl (C=O) groups is 1. The van der Waals surface area contributed by atoms with E-state index < -0.39 is 11.1 Å². The Balaban J connectivity index is 2.24. The van der Waals surface area contributed by atoms with E-state index in [1.807, 2.05) is 11.8 Å². The molecule has 1 aromatic carbocycles. The number of hydrogen-bond acceptors (Lipinski definition) is 4.